The van der Waals surface area contributed by atoms with E-state index in [1.807, 2.05) is 0 Å². The van der Waals surface area contributed by atoms with Crippen molar-refractivity contribution in [3.63, 3.8) is 0 Å². The Kier molecular flexibility index (Phi) is 14.8. The van der Waals surface area contributed by atoms with Crippen LogP contribution in [0.1, 0.15) is 44.5 Å². The molecule has 0 fully saturated rings. The Bertz CT molecular complexity index is 3710. The molecule has 4 heteroatoms. The van der Waals surface area contributed by atoms with E-state index in [0.717, 1.165) is 43.1 Å². The Morgan fingerprint density at radius 1 is 0.205 bits per heavy atom. The van der Waals surface area contributed by atoms with E-state index in [1.165, 1.54) is 111 Å². The van der Waals surface area contributed by atoms with Gasteiger partial charge in [-0.05, 0) is 253 Å². The molecule has 0 saturated carbocycles. The number of anilines is 6. The van der Waals surface area contributed by atoms with Gasteiger partial charge in [-0.15, -0.1) is 0 Å². The van der Waals surface area contributed by atoms with Gasteiger partial charge in [-0.1, -0.05) is 176 Å². The number of halogens is 2. The third-order valence-electron chi connectivity index (χ3n) is 15.4. The van der Waals surface area contributed by atoms with Crippen molar-refractivity contribution in [1.29, 1.82) is 0 Å². The minimum Gasteiger partial charge on any atom is -0.310 e. The third kappa shape index (κ3) is 10.8. The zero-order valence-corrected chi connectivity index (χ0v) is 48.8. The Morgan fingerprint density at radius 2 is 0.436 bits per heavy atom. The van der Waals surface area contributed by atoms with Crippen LogP contribution in [0.25, 0.3) is 66.8 Å². The van der Waals surface area contributed by atoms with Crippen LogP contribution in [-0.2, 0) is 0 Å². The van der Waals surface area contributed by atoms with Crippen LogP contribution in [0.2, 0.25) is 0 Å². The van der Waals surface area contributed by atoms with E-state index in [2.05, 4.69) is 328 Å². The molecule has 0 aliphatic rings. The highest BCUT2D eigenvalue weighted by Gasteiger charge is 2.20. The molecule has 0 N–H and O–H groups in total. The van der Waals surface area contributed by atoms with Gasteiger partial charge in [0.1, 0.15) is 0 Å². The van der Waals surface area contributed by atoms with Crippen molar-refractivity contribution in [2.45, 2.75) is 55.4 Å². The van der Waals surface area contributed by atoms with Crippen molar-refractivity contribution < 1.29 is 0 Å². The van der Waals surface area contributed by atoms with Gasteiger partial charge in [0.15, 0.2) is 0 Å². The maximum absolute atomic E-state index is 3.60. The Morgan fingerprint density at radius 3 is 0.718 bits per heavy atom. The third-order valence-corrected chi connectivity index (χ3v) is 16.4. The number of rotatable bonds is 12. The normalized spacial score (nSPS) is 11.2. The maximum atomic E-state index is 3.60. The number of benzene rings is 11. The lowest BCUT2D eigenvalue weighted by atomic mass is 9.88. The molecule has 0 saturated heterocycles. The second kappa shape index (κ2) is 22.1. The van der Waals surface area contributed by atoms with Crippen molar-refractivity contribution in [2.75, 3.05) is 9.80 Å². The SMILES string of the molecule is Cc1ccc(-c2ccc(N(c3ccc(-c4ccc(Br)cc4)cc3)c3ccc(-c4cc(C)c(-c5ccc(N(c6ccc(-c7ccc(Br)cc7)cc6)c6ccc(-c7ccc(C)cc7)c(C)c6)cc5C)cc4C)c(C)c3)cc2C)cc1. The van der Waals surface area contributed by atoms with Gasteiger partial charge < -0.3 is 9.80 Å². The summed E-state index contributed by atoms with van der Waals surface area (Å²) in [7, 11) is 0. The van der Waals surface area contributed by atoms with E-state index in [1.54, 1.807) is 0 Å². The van der Waals surface area contributed by atoms with Crippen molar-refractivity contribution >= 4 is 66.0 Å². The Hall–Kier alpha value is -8.02. The fourth-order valence-corrected chi connectivity index (χ4v) is 11.6. The average molecular weight is 1140 g/mol. The quantitative estimate of drug-likeness (QED) is 0.120. The van der Waals surface area contributed by atoms with Crippen LogP contribution in [0.5, 0.6) is 0 Å². The summed E-state index contributed by atoms with van der Waals surface area (Å²) in [6, 6.07) is 85.0. The fourth-order valence-electron chi connectivity index (χ4n) is 11.0. The average Bonchev–Trinajstić information content (AvgIpc) is 3.46. The predicted octanol–water partition coefficient (Wildman–Crippen LogP) is 22.6. The molecule has 11 rings (SSSR count). The van der Waals surface area contributed by atoms with Crippen LogP contribution in [-0.4, -0.2) is 0 Å². The van der Waals surface area contributed by atoms with Crippen LogP contribution < -0.4 is 9.80 Å². The molecule has 0 unspecified atom stereocenters. The van der Waals surface area contributed by atoms with Crippen molar-refractivity contribution in [3.8, 4) is 66.8 Å². The molecule has 0 aliphatic heterocycles. The summed E-state index contributed by atoms with van der Waals surface area (Å²) in [6.07, 6.45) is 0. The van der Waals surface area contributed by atoms with Crippen LogP contribution in [0.15, 0.2) is 239 Å². The number of nitrogens with zero attached hydrogens (tertiary/aromatic N) is 2. The first-order valence-corrected chi connectivity index (χ1v) is 28.3. The Balaban J connectivity index is 0.922. The second-order valence-corrected chi connectivity index (χ2v) is 22.8. The van der Waals surface area contributed by atoms with Crippen molar-refractivity contribution in [2.24, 2.45) is 0 Å². The minimum atomic E-state index is 1.07. The molecule has 0 aliphatic carbocycles. The Labute approximate surface area is 478 Å². The topological polar surface area (TPSA) is 6.48 Å². The number of hydrogen-bond donors (Lipinski definition) is 0. The highest BCUT2D eigenvalue weighted by Crippen LogP contribution is 2.44. The van der Waals surface area contributed by atoms with Gasteiger partial charge in [0.2, 0.25) is 0 Å². The molecule has 382 valence electrons. The second-order valence-electron chi connectivity index (χ2n) is 21.0. The highest BCUT2D eigenvalue weighted by atomic mass is 79.9. The van der Waals surface area contributed by atoms with Gasteiger partial charge >= 0.3 is 0 Å². The summed E-state index contributed by atoms with van der Waals surface area (Å²) in [4.78, 5) is 4.78. The van der Waals surface area contributed by atoms with E-state index < -0.39 is 0 Å². The summed E-state index contributed by atoms with van der Waals surface area (Å²) in [5, 5.41) is 0. The summed E-state index contributed by atoms with van der Waals surface area (Å²) >= 11 is 7.21. The van der Waals surface area contributed by atoms with E-state index in [-0.39, 0.29) is 0 Å². The van der Waals surface area contributed by atoms with Gasteiger partial charge in [-0.2, -0.15) is 0 Å². The lowest BCUT2D eigenvalue weighted by Gasteiger charge is -2.28. The monoisotopic (exact) mass is 1140 g/mol. The van der Waals surface area contributed by atoms with E-state index in [4.69, 9.17) is 0 Å². The van der Waals surface area contributed by atoms with Crippen molar-refractivity contribution in [1.82, 2.24) is 0 Å². The van der Waals surface area contributed by atoms with Crippen LogP contribution >= 0.6 is 31.9 Å². The van der Waals surface area contributed by atoms with Crippen LogP contribution in [0.4, 0.5) is 34.1 Å². The van der Waals surface area contributed by atoms with Crippen LogP contribution in [0, 0.1) is 55.4 Å². The molecule has 11 aromatic carbocycles. The summed E-state index contributed by atoms with van der Waals surface area (Å²) in [6.45, 7) is 17.7. The molecular formula is C74H62Br2N2. The molecule has 78 heavy (non-hydrogen) atoms. The fraction of sp³-hybridized carbons (Fsp3) is 0.108. The molecule has 11 aromatic rings. The summed E-state index contributed by atoms with van der Waals surface area (Å²) in [5.74, 6) is 0. The number of hydrogen-bond acceptors (Lipinski definition) is 2. The van der Waals surface area contributed by atoms with Gasteiger partial charge in [-0.25, -0.2) is 0 Å². The molecule has 0 radical (unpaired) electrons. The van der Waals surface area contributed by atoms with E-state index in [9.17, 15) is 0 Å². The van der Waals surface area contributed by atoms with Gasteiger partial charge in [-0.3, -0.25) is 0 Å². The first-order valence-electron chi connectivity index (χ1n) is 26.8. The first kappa shape index (κ1) is 52.1. The maximum Gasteiger partial charge on any atom is 0.0464 e. The smallest absolute Gasteiger partial charge is 0.0464 e. The van der Waals surface area contributed by atoms with Crippen LogP contribution in [0.3, 0.4) is 0 Å². The molecule has 0 bridgehead atoms. The molecule has 0 aromatic heterocycles. The zero-order valence-electron chi connectivity index (χ0n) is 45.6. The zero-order chi connectivity index (χ0) is 54.2. The molecule has 0 amide bonds. The summed E-state index contributed by atoms with van der Waals surface area (Å²) < 4.78 is 2.15. The minimum absolute atomic E-state index is 1.07. The first-order chi connectivity index (χ1) is 37.7. The van der Waals surface area contributed by atoms with Gasteiger partial charge in [0.05, 0.1) is 0 Å². The molecular weight excluding hydrogens is 1080 g/mol. The van der Waals surface area contributed by atoms with Gasteiger partial charge in [0, 0.05) is 43.1 Å². The summed E-state index contributed by atoms with van der Waals surface area (Å²) in [5.41, 5.74) is 31.2. The highest BCUT2D eigenvalue weighted by molar-refractivity contribution is 9.10. The lowest BCUT2D eigenvalue weighted by molar-refractivity contribution is 1.25. The van der Waals surface area contributed by atoms with Crippen molar-refractivity contribution in [3.05, 3.63) is 284 Å². The predicted molar refractivity (Wildman–Crippen MR) is 342 cm³/mol. The van der Waals surface area contributed by atoms with Gasteiger partial charge in [0.25, 0.3) is 0 Å². The standard InChI is InChI=1S/C74H62Br2N2/c1-47-9-13-59(14-10-47)69-37-33-65(41-49(69)3)77(63-29-21-57(22-30-63)55-17-25-61(75)26-18-55)67-35-39-71(51(5)43-67)73-45-54(8)74(46-53(73)7)72-40-36-68(44-52(72)6)78(64-31-23-58(24-32-64)56-19-27-62(76)28-20-56)66-34-38-70(50(4)42-66)60-15-11-48(2)12-16-60/h9-46H,1-8H3. The van der Waals surface area contributed by atoms with E-state index in [0.29, 0.717) is 0 Å². The van der Waals surface area contributed by atoms with E-state index >= 15 is 0 Å². The molecule has 0 heterocycles. The number of aryl methyl sites for hydroxylation is 8. The molecule has 0 atom stereocenters. The molecule has 2 nitrogen and oxygen atoms in total. The molecule has 0 spiro atoms. The largest absolute Gasteiger partial charge is 0.310 e. The lowest BCUT2D eigenvalue weighted by Crippen LogP contribution is -2.11.